The van der Waals surface area contributed by atoms with Gasteiger partial charge in [0.1, 0.15) is 0 Å². The fraction of sp³-hybridized carbons (Fsp3) is 0.471. The van der Waals surface area contributed by atoms with Gasteiger partial charge >= 0.3 is 0 Å². The SMILES string of the molecule is c1cc(-n2cnc3c2CCNC3)ccc1N1CCCCC1. The molecular weight excluding hydrogens is 260 g/mol. The van der Waals surface area contributed by atoms with Gasteiger partial charge in [0.15, 0.2) is 0 Å². The van der Waals surface area contributed by atoms with Crippen LogP contribution in [0.2, 0.25) is 0 Å². The summed E-state index contributed by atoms with van der Waals surface area (Å²) in [6.07, 6.45) is 7.05. The lowest BCUT2D eigenvalue weighted by Gasteiger charge is -2.29. The maximum atomic E-state index is 4.54. The fourth-order valence-electron chi connectivity index (χ4n) is 3.44. The molecule has 110 valence electrons. The molecular formula is C17H22N4. The van der Waals surface area contributed by atoms with Gasteiger partial charge in [-0.05, 0) is 43.5 Å². The molecule has 1 saturated heterocycles. The van der Waals surface area contributed by atoms with Crippen LogP contribution in [0.3, 0.4) is 0 Å². The topological polar surface area (TPSA) is 33.1 Å². The van der Waals surface area contributed by atoms with Crippen LogP contribution in [0, 0.1) is 0 Å². The first-order valence-electron chi connectivity index (χ1n) is 8.03. The number of piperidine rings is 1. The highest BCUT2D eigenvalue weighted by atomic mass is 15.1. The fourth-order valence-corrected chi connectivity index (χ4v) is 3.44. The molecule has 0 aliphatic carbocycles. The van der Waals surface area contributed by atoms with E-state index < -0.39 is 0 Å². The van der Waals surface area contributed by atoms with Gasteiger partial charge in [-0.3, -0.25) is 0 Å². The quantitative estimate of drug-likeness (QED) is 0.919. The Labute approximate surface area is 125 Å². The van der Waals surface area contributed by atoms with Gasteiger partial charge in [-0.25, -0.2) is 4.98 Å². The Morgan fingerprint density at radius 3 is 2.52 bits per heavy atom. The highest BCUT2D eigenvalue weighted by molar-refractivity contribution is 5.51. The zero-order valence-corrected chi connectivity index (χ0v) is 12.4. The van der Waals surface area contributed by atoms with Crippen molar-refractivity contribution in [3.8, 4) is 5.69 Å². The van der Waals surface area contributed by atoms with Gasteiger partial charge < -0.3 is 14.8 Å². The van der Waals surface area contributed by atoms with Gasteiger partial charge in [0.25, 0.3) is 0 Å². The minimum atomic E-state index is 0.897. The molecule has 2 aliphatic rings. The van der Waals surface area contributed by atoms with E-state index in [0.29, 0.717) is 0 Å². The lowest BCUT2D eigenvalue weighted by molar-refractivity contribution is 0.578. The maximum Gasteiger partial charge on any atom is 0.0998 e. The Balaban J connectivity index is 1.60. The average Bonchev–Trinajstić information content (AvgIpc) is 3.00. The van der Waals surface area contributed by atoms with Crippen molar-refractivity contribution in [1.29, 1.82) is 0 Å². The second-order valence-electron chi connectivity index (χ2n) is 6.00. The van der Waals surface area contributed by atoms with E-state index >= 15 is 0 Å². The van der Waals surface area contributed by atoms with E-state index in [2.05, 4.69) is 44.0 Å². The molecule has 2 aliphatic heterocycles. The summed E-state index contributed by atoms with van der Waals surface area (Å²) in [5.74, 6) is 0. The molecule has 21 heavy (non-hydrogen) atoms. The summed E-state index contributed by atoms with van der Waals surface area (Å²) in [5, 5.41) is 3.38. The molecule has 0 unspecified atom stereocenters. The van der Waals surface area contributed by atoms with Crippen LogP contribution in [0.1, 0.15) is 30.7 Å². The molecule has 4 nitrogen and oxygen atoms in total. The number of nitrogens with zero attached hydrogens (tertiary/aromatic N) is 3. The Morgan fingerprint density at radius 2 is 1.71 bits per heavy atom. The van der Waals surface area contributed by atoms with Gasteiger partial charge in [-0.2, -0.15) is 0 Å². The van der Waals surface area contributed by atoms with E-state index in [0.717, 1.165) is 19.5 Å². The van der Waals surface area contributed by atoms with Crippen molar-refractivity contribution in [2.45, 2.75) is 32.2 Å². The third-order valence-electron chi connectivity index (χ3n) is 4.63. The number of anilines is 1. The van der Waals surface area contributed by atoms with E-state index in [4.69, 9.17) is 0 Å². The van der Waals surface area contributed by atoms with E-state index in [-0.39, 0.29) is 0 Å². The summed E-state index contributed by atoms with van der Waals surface area (Å²) in [6.45, 7) is 4.34. The van der Waals surface area contributed by atoms with Crippen LogP contribution in [-0.2, 0) is 13.0 Å². The van der Waals surface area contributed by atoms with Crippen molar-refractivity contribution >= 4 is 5.69 Å². The Hall–Kier alpha value is -1.81. The van der Waals surface area contributed by atoms with Crippen molar-refractivity contribution in [3.05, 3.63) is 42.0 Å². The van der Waals surface area contributed by atoms with Crippen LogP contribution in [0.15, 0.2) is 30.6 Å². The maximum absolute atomic E-state index is 4.54. The first kappa shape index (κ1) is 12.9. The lowest BCUT2D eigenvalue weighted by Crippen LogP contribution is -2.29. The number of hydrogen-bond acceptors (Lipinski definition) is 3. The number of hydrogen-bond donors (Lipinski definition) is 1. The number of benzene rings is 1. The minimum absolute atomic E-state index is 0.897. The third-order valence-corrected chi connectivity index (χ3v) is 4.63. The zero-order valence-electron chi connectivity index (χ0n) is 12.4. The van der Waals surface area contributed by atoms with Gasteiger partial charge in [-0.1, -0.05) is 0 Å². The molecule has 0 atom stereocenters. The van der Waals surface area contributed by atoms with E-state index in [9.17, 15) is 0 Å². The van der Waals surface area contributed by atoms with Crippen molar-refractivity contribution in [1.82, 2.24) is 14.9 Å². The van der Waals surface area contributed by atoms with Gasteiger partial charge in [0, 0.05) is 49.7 Å². The molecule has 1 aromatic heterocycles. The highest BCUT2D eigenvalue weighted by Crippen LogP contribution is 2.23. The lowest BCUT2D eigenvalue weighted by atomic mass is 10.1. The van der Waals surface area contributed by atoms with Crippen molar-refractivity contribution in [2.24, 2.45) is 0 Å². The summed E-state index contributed by atoms with van der Waals surface area (Å²) in [7, 11) is 0. The summed E-state index contributed by atoms with van der Waals surface area (Å²) in [5.41, 5.74) is 5.14. The molecule has 2 aromatic rings. The molecule has 1 fully saturated rings. The third kappa shape index (κ3) is 2.44. The monoisotopic (exact) mass is 282 g/mol. The Morgan fingerprint density at radius 1 is 0.952 bits per heavy atom. The molecule has 0 bridgehead atoms. The summed E-state index contributed by atoms with van der Waals surface area (Å²) in [6, 6.07) is 8.98. The number of imidazole rings is 1. The smallest absolute Gasteiger partial charge is 0.0998 e. The van der Waals surface area contributed by atoms with Crippen molar-refractivity contribution in [2.75, 3.05) is 24.5 Å². The molecule has 1 aromatic carbocycles. The number of aromatic nitrogens is 2. The summed E-state index contributed by atoms with van der Waals surface area (Å²) in [4.78, 5) is 7.04. The second-order valence-corrected chi connectivity index (χ2v) is 6.00. The number of rotatable bonds is 2. The second kappa shape index (κ2) is 5.53. The van der Waals surface area contributed by atoms with Gasteiger partial charge in [0.05, 0.1) is 12.0 Å². The van der Waals surface area contributed by atoms with Gasteiger partial charge in [0.2, 0.25) is 0 Å². The largest absolute Gasteiger partial charge is 0.372 e. The first-order chi connectivity index (χ1) is 10.4. The molecule has 0 saturated carbocycles. The molecule has 0 radical (unpaired) electrons. The van der Waals surface area contributed by atoms with Crippen molar-refractivity contribution < 1.29 is 0 Å². The highest BCUT2D eigenvalue weighted by Gasteiger charge is 2.16. The summed E-state index contributed by atoms with van der Waals surface area (Å²) < 4.78 is 2.25. The van der Waals surface area contributed by atoms with Crippen LogP contribution in [0.25, 0.3) is 5.69 Å². The summed E-state index contributed by atoms with van der Waals surface area (Å²) >= 11 is 0. The molecule has 0 spiro atoms. The zero-order chi connectivity index (χ0) is 14.1. The van der Waals surface area contributed by atoms with E-state index in [1.807, 2.05) is 6.33 Å². The van der Waals surface area contributed by atoms with Crippen LogP contribution in [0.4, 0.5) is 5.69 Å². The molecule has 3 heterocycles. The van der Waals surface area contributed by atoms with Crippen LogP contribution in [0.5, 0.6) is 0 Å². The Bertz CT molecular complexity index is 608. The minimum Gasteiger partial charge on any atom is -0.372 e. The Kier molecular flexibility index (Phi) is 3.39. The van der Waals surface area contributed by atoms with Crippen molar-refractivity contribution in [3.63, 3.8) is 0 Å². The molecule has 0 amide bonds. The average molecular weight is 282 g/mol. The van der Waals surface area contributed by atoms with Crippen LogP contribution >= 0.6 is 0 Å². The molecule has 1 N–H and O–H groups in total. The first-order valence-corrected chi connectivity index (χ1v) is 8.03. The predicted molar refractivity (Wildman–Crippen MR) is 85.0 cm³/mol. The normalized spacial score (nSPS) is 18.6. The van der Waals surface area contributed by atoms with E-state index in [1.165, 1.54) is 55.1 Å². The van der Waals surface area contributed by atoms with Crippen LogP contribution in [-0.4, -0.2) is 29.2 Å². The van der Waals surface area contributed by atoms with E-state index in [1.54, 1.807) is 0 Å². The standard InChI is InChI=1S/C17H22N4/c1-2-10-20(11-3-1)14-4-6-15(7-5-14)21-13-19-16-12-18-9-8-17(16)21/h4-7,13,18H,1-3,8-12H2. The molecule has 4 heteroatoms. The van der Waals surface area contributed by atoms with Gasteiger partial charge in [-0.15, -0.1) is 0 Å². The van der Waals surface area contributed by atoms with Crippen LogP contribution < -0.4 is 10.2 Å². The number of fused-ring (bicyclic) bond motifs is 1. The number of nitrogens with one attached hydrogen (secondary N) is 1. The predicted octanol–water partition coefficient (Wildman–Crippen LogP) is 2.51. The molecule has 4 rings (SSSR count).